The Morgan fingerprint density at radius 2 is 1.73 bits per heavy atom. The van der Waals surface area contributed by atoms with Gasteiger partial charge >= 0.3 is 7.12 Å². The molecule has 0 radical (unpaired) electrons. The summed E-state index contributed by atoms with van der Waals surface area (Å²) in [6, 6.07) is 6.57. The molecule has 0 N–H and O–H groups in total. The predicted octanol–water partition coefficient (Wildman–Crippen LogP) is 6.27. The summed E-state index contributed by atoms with van der Waals surface area (Å²) in [6.07, 6.45) is 0.761. The Bertz CT molecular complexity index is 936. The average Bonchev–Trinajstić information content (AvgIpc) is 2.87. The molecular formula is C22H26BBrF2O3S. The molecule has 1 fully saturated rings. The van der Waals surface area contributed by atoms with Crippen molar-refractivity contribution in [1.29, 1.82) is 0 Å². The van der Waals surface area contributed by atoms with E-state index in [1.807, 2.05) is 34.6 Å². The third kappa shape index (κ3) is 4.57. The van der Waals surface area contributed by atoms with Crippen LogP contribution in [0.5, 0.6) is 5.75 Å². The highest BCUT2D eigenvalue weighted by atomic mass is 79.9. The molecule has 2 aromatic rings. The first-order valence-corrected chi connectivity index (χ1v) is 11.5. The largest absolute Gasteiger partial charge is 0.494 e. The molecule has 162 valence electrons. The molecule has 8 heteroatoms. The number of aryl methyl sites for hydroxylation is 1. The normalized spacial score (nSPS) is 17.4. The van der Waals surface area contributed by atoms with Crippen molar-refractivity contribution in [3.63, 3.8) is 0 Å². The topological polar surface area (TPSA) is 27.7 Å². The summed E-state index contributed by atoms with van der Waals surface area (Å²) in [5.74, 6) is -0.793. The molecule has 0 bridgehead atoms. The highest BCUT2D eigenvalue weighted by Crippen LogP contribution is 2.41. The SMILES string of the molecule is CCCOc1c(Br)cc(C)c(Sc2ccc(B3OC(C)(C)C(C)(C)O3)cc2F)c1F. The van der Waals surface area contributed by atoms with Crippen LogP contribution in [0.4, 0.5) is 8.78 Å². The molecule has 1 saturated heterocycles. The van der Waals surface area contributed by atoms with E-state index < -0.39 is 30.0 Å². The van der Waals surface area contributed by atoms with Gasteiger partial charge < -0.3 is 14.0 Å². The molecule has 3 rings (SSSR count). The lowest BCUT2D eigenvalue weighted by molar-refractivity contribution is 0.00578. The van der Waals surface area contributed by atoms with Crippen molar-refractivity contribution in [1.82, 2.24) is 0 Å². The third-order valence-electron chi connectivity index (χ3n) is 5.46. The van der Waals surface area contributed by atoms with Gasteiger partial charge in [-0.3, -0.25) is 0 Å². The van der Waals surface area contributed by atoms with Crippen LogP contribution in [0.3, 0.4) is 0 Å². The van der Waals surface area contributed by atoms with Gasteiger partial charge in [-0.05, 0) is 86.2 Å². The molecule has 0 spiro atoms. The fourth-order valence-electron chi connectivity index (χ4n) is 3.00. The standard InChI is InChI=1S/C22H26BBrF2O3S/c1-7-10-27-19-15(24)11-13(2)20(18(19)26)30-17-9-8-14(12-16(17)25)23-28-21(3,4)22(5,6)29-23/h8-9,11-12H,7,10H2,1-6H3. The minimum Gasteiger partial charge on any atom is -0.489 e. The molecule has 0 saturated carbocycles. The van der Waals surface area contributed by atoms with Crippen molar-refractivity contribution in [3.05, 3.63) is 45.9 Å². The molecule has 1 aliphatic heterocycles. The van der Waals surface area contributed by atoms with E-state index in [1.165, 1.54) is 6.07 Å². The molecular weight excluding hydrogens is 473 g/mol. The van der Waals surface area contributed by atoms with E-state index in [2.05, 4.69) is 15.9 Å². The lowest BCUT2D eigenvalue weighted by Gasteiger charge is -2.32. The fraction of sp³-hybridized carbons (Fsp3) is 0.455. The monoisotopic (exact) mass is 498 g/mol. The molecule has 1 heterocycles. The van der Waals surface area contributed by atoms with Crippen molar-refractivity contribution in [2.24, 2.45) is 0 Å². The van der Waals surface area contributed by atoms with Crippen molar-refractivity contribution in [3.8, 4) is 5.75 Å². The fourth-order valence-corrected chi connectivity index (χ4v) is 4.55. The summed E-state index contributed by atoms with van der Waals surface area (Å²) >= 11 is 4.39. The van der Waals surface area contributed by atoms with E-state index in [9.17, 15) is 4.39 Å². The van der Waals surface area contributed by atoms with Gasteiger partial charge in [-0.2, -0.15) is 0 Å². The van der Waals surface area contributed by atoms with Gasteiger partial charge in [0.2, 0.25) is 0 Å². The number of ether oxygens (including phenoxy) is 1. The highest BCUT2D eigenvalue weighted by Gasteiger charge is 2.51. The second-order valence-corrected chi connectivity index (χ2v) is 10.3. The Hall–Kier alpha value is -1.09. The van der Waals surface area contributed by atoms with Gasteiger partial charge in [0.05, 0.1) is 27.2 Å². The van der Waals surface area contributed by atoms with Crippen LogP contribution in [0, 0.1) is 18.6 Å². The molecule has 1 aliphatic rings. The highest BCUT2D eigenvalue weighted by molar-refractivity contribution is 9.10. The summed E-state index contributed by atoms with van der Waals surface area (Å²) in [5.41, 5.74) is 0.278. The Morgan fingerprint density at radius 1 is 1.10 bits per heavy atom. The zero-order valence-electron chi connectivity index (χ0n) is 18.1. The van der Waals surface area contributed by atoms with E-state index >= 15 is 4.39 Å². The average molecular weight is 499 g/mol. The summed E-state index contributed by atoms with van der Waals surface area (Å²) in [6.45, 7) is 11.9. The Labute approximate surface area is 190 Å². The van der Waals surface area contributed by atoms with Crippen molar-refractivity contribution >= 4 is 40.3 Å². The van der Waals surface area contributed by atoms with E-state index in [0.29, 0.717) is 31.9 Å². The maximum absolute atomic E-state index is 15.1. The zero-order chi connectivity index (χ0) is 22.3. The molecule has 30 heavy (non-hydrogen) atoms. The molecule has 3 nitrogen and oxygen atoms in total. The Balaban J connectivity index is 1.87. The summed E-state index contributed by atoms with van der Waals surface area (Å²) in [5, 5.41) is 0. The smallest absolute Gasteiger partial charge is 0.489 e. The minimum atomic E-state index is -0.649. The lowest BCUT2D eigenvalue weighted by Crippen LogP contribution is -2.41. The van der Waals surface area contributed by atoms with Crippen LogP contribution in [0.15, 0.2) is 38.5 Å². The molecule has 0 aromatic heterocycles. The molecule has 2 aromatic carbocycles. The van der Waals surface area contributed by atoms with Crippen LogP contribution < -0.4 is 10.2 Å². The van der Waals surface area contributed by atoms with Gasteiger partial charge in [-0.15, -0.1) is 0 Å². The van der Waals surface area contributed by atoms with Crippen LogP contribution in [0.2, 0.25) is 0 Å². The molecule has 0 aliphatic carbocycles. The van der Waals surface area contributed by atoms with Gasteiger partial charge in [0.25, 0.3) is 0 Å². The zero-order valence-corrected chi connectivity index (χ0v) is 20.5. The Kier molecular flexibility index (Phi) is 6.92. The predicted molar refractivity (Wildman–Crippen MR) is 121 cm³/mol. The number of hydrogen-bond donors (Lipinski definition) is 0. The number of rotatable bonds is 6. The second kappa shape index (κ2) is 8.81. The van der Waals surface area contributed by atoms with Crippen LogP contribution >= 0.6 is 27.7 Å². The number of hydrogen-bond acceptors (Lipinski definition) is 4. The number of halogens is 3. The van der Waals surface area contributed by atoms with Crippen LogP contribution in [0.25, 0.3) is 0 Å². The lowest BCUT2D eigenvalue weighted by atomic mass is 9.79. The summed E-state index contributed by atoms with van der Waals surface area (Å²) in [7, 11) is -0.649. The van der Waals surface area contributed by atoms with E-state index in [0.717, 1.165) is 18.2 Å². The van der Waals surface area contributed by atoms with Crippen molar-refractivity contribution < 1.29 is 22.8 Å². The van der Waals surface area contributed by atoms with E-state index in [1.54, 1.807) is 25.1 Å². The van der Waals surface area contributed by atoms with Crippen LogP contribution in [-0.4, -0.2) is 24.9 Å². The van der Waals surface area contributed by atoms with Gasteiger partial charge in [0, 0.05) is 4.90 Å². The van der Waals surface area contributed by atoms with Crippen LogP contribution in [0.1, 0.15) is 46.6 Å². The van der Waals surface area contributed by atoms with E-state index in [4.69, 9.17) is 14.0 Å². The summed E-state index contributed by atoms with van der Waals surface area (Å²) < 4.78 is 48.1. The molecule has 0 unspecified atom stereocenters. The van der Waals surface area contributed by atoms with Crippen LogP contribution in [-0.2, 0) is 9.31 Å². The van der Waals surface area contributed by atoms with Gasteiger partial charge in [-0.25, -0.2) is 8.78 Å². The van der Waals surface area contributed by atoms with E-state index in [-0.39, 0.29) is 5.75 Å². The minimum absolute atomic E-state index is 0.152. The first-order valence-electron chi connectivity index (χ1n) is 9.91. The quantitative estimate of drug-likeness (QED) is 0.438. The van der Waals surface area contributed by atoms with Gasteiger partial charge in [0.15, 0.2) is 11.6 Å². The van der Waals surface area contributed by atoms with Gasteiger partial charge in [0.1, 0.15) is 5.82 Å². The van der Waals surface area contributed by atoms with Crippen molar-refractivity contribution in [2.75, 3.05) is 6.61 Å². The maximum atomic E-state index is 15.1. The third-order valence-corrected chi connectivity index (χ3v) is 7.31. The first kappa shape index (κ1) is 23.6. The second-order valence-electron chi connectivity index (χ2n) is 8.38. The first-order chi connectivity index (χ1) is 14.0. The molecule has 0 atom stereocenters. The van der Waals surface area contributed by atoms with Crippen molar-refractivity contribution in [2.45, 2.75) is 69.0 Å². The number of benzene rings is 2. The molecule has 0 amide bonds. The van der Waals surface area contributed by atoms with Gasteiger partial charge in [-0.1, -0.05) is 24.8 Å². The summed E-state index contributed by atoms with van der Waals surface area (Å²) in [4.78, 5) is 0.660. The Morgan fingerprint density at radius 3 is 2.30 bits per heavy atom. The maximum Gasteiger partial charge on any atom is 0.494 e.